The second-order valence-electron chi connectivity index (χ2n) is 8.11. The lowest BCUT2D eigenvalue weighted by Gasteiger charge is -2.18. The van der Waals surface area contributed by atoms with Gasteiger partial charge in [-0.3, -0.25) is 28.8 Å². The van der Waals surface area contributed by atoms with Crippen LogP contribution in [-0.2, 0) is 27.8 Å². The van der Waals surface area contributed by atoms with E-state index < -0.39 is 21.3 Å². The topological polar surface area (TPSA) is 134 Å². The Bertz CT molecular complexity index is 1660. The summed E-state index contributed by atoms with van der Waals surface area (Å²) in [5.74, 6) is -0.172. The first-order chi connectivity index (χ1) is 16.8. The Morgan fingerprint density at radius 3 is 2.71 bits per heavy atom. The molecule has 2 N–H and O–H groups in total. The molecule has 11 heteroatoms. The summed E-state index contributed by atoms with van der Waals surface area (Å²) < 4.78 is 29.1. The summed E-state index contributed by atoms with van der Waals surface area (Å²) in [4.78, 5) is 45.2. The molecule has 0 saturated carbocycles. The molecule has 10 nitrogen and oxygen atoms in total. The molecule has 3 heterocycles. The smallest absolute Gasteiger partial charge is 0.312 e. The fourth-order valence-corrected chi connectivity index (χ4v) is 5.26. The first kappa shape index (κ1) is 22.5. The van der Waals surface area contributed by atoms with Crippen molar-refractivity contribution in [3.05, 3.63) is 93.4 Å². The fourth-order valence-electron chi connectivity index (χ4n) is 4.25. The zero-order chi connectivity index (χ0) is 24.6. The first-order valence-corrected chi connectivity index (χ1v) is 12.4. The summed E-state index contributed by atoms with van der Waals surface area (Å²) in [6, 6.07) is 14.8. The third-order valence-corrected chi connectivity index (χ3v) is 7.29. The molecule has 1 amide bonds. The van der Waals surface area contributed by atoms with Gasteiger partial charge in [0.05, 0.1) is 10.9 Å². The highest BCUT2D eigenvalue weighted by molar-refractivity contribution is 7.92. The minimum absolute atomic E-state index is 0.0577. The van der Waals surface area contributed by atoms with Crippen LogP contribution >= 0.6 is 0 Å². The van der Waals surface area contributed by atoms with E-state index >= 15 is 0 Å². The van der Waals surface area contributed by atoms with Crippen molar-refractivity contribution in [1.82, 2.24) is 14.5 Å². The van der Waals surface area contributed by atoms with Crippen LogP contribution in [0.15, 0.2) is 81.5 Å². The Hall–Kier alpha value is -4.25. The Morgan fingerprint density at radius 1 is 1.09 bits per heavy atom. The summed E-state index contributed by atoms with van der Waals surface area (Å²) in [7, 11) is -3.78. The fraction of sp³-hybridized carbons (Fsp3) is 0.167. The molecule has 4 aromatic rings. The van der Waals surface area contributed by atoms with Crippen LogP contribution in [0.3, 0.4) is 0 Å². The van der Waals surface area contributed by atoms with E-state index in [9.17, 15) is 22.8 Å². The molecule has 5 rings (SSSR count). The molecule has 2 aromatic carbocycles. The number of fused-ring (bicyclic) bond motifs is 2. The van der Waals surface area contributed by atoms with E-state index in [1.165, 1.54) is 23.0 Å². The summed E-state index contributed by atoms with van der Waals surface area (Å²) >= 11 is 0. The van der Waals surface area contributed by atoms with Crippen LogP contribution in [0.2, 0.25) is 0 Å². The Labute approximate surface area is 199 Å². The number of hydrogen-bond donors (Lipinski definition) is 2. The van der Waals surface area contributed by atoms with Crippen molar-refractivity contribution >= 4 is 38.2 Å². The molecule has 0 fully saturated rings. The Morgan fingerprint density at radius 2 is 1.91 bits per heavy atom. The Kier molecular flexibility index (Phi) is 5.69. The van der Waals surface area contributed by atoms with Crippen molar-refractivity contribution in [2.24, 2.45) is 0 Å². The molecule has 0 bridgehead atoms. The van der Waals surface area contributed by atoms with Gasteiger partial charge in [-0.25, -0.2) is 13.2 Å². The number of para-hydroxylation sites is 1. The first-order valence-electron chi connectivity index (χ1n) is 10.9. The number of H-pyrrole nitrogens is 1. The van der Waals surface area contributed by atoms with Gasteiger partial charge in [0.1, 0.15) is 4.90 Å². The van der Waals surface area contributed by atoms with Gasteiger partial charge in [0.2, 0.25) is 5.91 Å². The normalized spacial score (nSPS) is 13.1. The summed E-state index contributed by atoms with van der Waals surface area (Å²) in [5.41, 5.74) is 1.40. The zero-order valence-electron chi connectivity index (χ0n) is 18.5. The van der Waals surface area contributed by atoms with E-state index in [1.54, 1.807) is 53.4 Å². The lowest BCUT2D eigenvalue weighted by Crippen LogP contribution is -2.34. The number of benzene rings is 2. The highest BCUT2D eigenvalue weighted by atomic mass is 32.2. The molecule has 0 unspecified atom stereocenters. The average Bonchev–Trinajstić information content (AvgIpc) is 3.27. The molecule has 35 heavy (non-hydrogen) atoms. The standard InChI is InChI=1S/C24H21N5O5S/c30-22(10-13-29-21-6-2-1-5-19(21)23(31)26-24(29)32)28-12-9-16-14-17(7-8-20(16)28)27-35(33,34)18-4-3-11-25-15-18/h1-8,11,14-15,27H,9-10,12-13H2,(H,26,31,32). The molecule has 0 radical (unpaired) electrons. The van der Waals surface area contributed by atoms with Crippen molar-refractivity contribution in [2.75, 3.05) is 16.2 Å². The molecule has 0 spiro atoms. The predicted molar refractivity (Wildman–Crippen MR) is 131 cm³/mol. The van der Waals surface area contributed by atoms with Crippen molar-refractivity contribution in [3.8, 4) is 0 Å². The van der Waals surface area contributed by atoms with Gasteiger partial charge in [-0.15, -0.1) is 0 Å². The third-order valence-electron chi connectivity index (χ3n) is 5.93. The van der Waals surface area contributed by atoms with E-state index in [2.05, 4.69) is 14.7 Å². The van der Waals surface area contributed by atoms with E-state index in [4.69, 9.17) is 0 Å². The number of carbonyl (C=O) groups excluding carboxylic acids is 1. The quantitative estimate of drug-likeness (QED) is 0.423. The van der Waals surface area contributed by atoms with E-state index in [1.807, 2.05) is 0 Å². The minimum atomic E-state index is -3.78. The van der Waals surface area contributed by atoms with Crippen molar-refractivity contribution < 1.29 is 13.2 Å². The van der Waals surface area contributed by atoms with Crippen LogP contribution in [0.5, 0.6) is 0 Å². The molecule has 0 atom stereocenters. The number of rotatable bonds is 6. The number of aromatic amines is 1. The van der Waals surface area contributed by atoms with Gasteiger partial charge >= 0.3 is 5.69 Å². The van der Waals surface area contributed by atoms with E-state index in [0.717, 1.165) is 5.56 Å². The van der Waals surface area contributed by atoms with Crippen LogP contribution in [0.1, 0.15) is 12.0 Å². The maximum absolute atomic E-state index is 13.0. The van der Waals surface area contributed by atoms with Crippen molar-refractivity contribution in [1.29, 1.82) is 0 Å². The minimum Gasteiger partial charge on any atom is -0.312 e. The molecular weight excluding hydrogens is 470 g/mol. The zero-order valence-corrected chi connectivity index (χ0v) is 19.3. The van der Waals surface area contributed by atoms with Crippen LogP contribution in [0.4, 0.5) is 11.4 Å². The highest BCUT2D eigenvalue weighted by Crippen LogP contribution is 2.31. The monoisotopic (exact) mass is 491 g/mol. The number of aromatic nitrogens is 3. The van der Waals surface area contributed by atoms with Gasteiger partial charge in [-0.2, -0.15) is 0 Å². The van der Waals surface area contributed by atoms with Crippen molar-refractivity contribution in [2.45, 2.75) is 24.3 Å². The number of amides is 1. The second-order valence-corrected chi connectivity index (χ2v) is 9.79. The predicted octanol–water partition coefficient (Wildman–Crippen LogP) is 1.86. The lowest BCUT2D eigenvalue weighted by atomic mass is 10.1. The molecule has 178 valence electrons. The van der Waals surface area contributed by atoms with Crippen LogP contribution in [0.25, 0.3) is 10.9 Å². The maximum Gasteiger partial charge on any atom is 0.328 e. The number of carbonyl (C=O) groups is 1. The number of pyridine rings is 1. The van der Waals surface area contributed by atoms with Gasteiger partial charge in [-0.05, 0) is 54.4 Å². The highest BCUT2D eigenvalue weighted by Gasteiger charge is 2.25. The van der Waals surface area contributed by atoms with E-state index in [-0.39, 0.29) is 23.8 Å². The van der Waals surface area contributed by atoms with Gasteiger partial charge in [-0.1, -0.05) is 12.1 Å². The lowest BCUT2D eigenvalue weighted by molar-refractivity contribution is -0.118. The van der Waals surface area contributed by atoms with Gasteiger partial charge < -0.3 is 4.90 Å². The number of nitrogens with zero attached hydrogens (tertiary/aromatic N) is 3. The molecule has 1 aliphatic heterocycles. The molecule has 1 aliphatic rings. The second kappa shape index (κ2) is 8.84. The van der Waals surface area contributed by atoms with Crippen LogP contribution in [0, 0.1) is 0 Å². The van der Waals surface area contributed by atoms with Gasteiger partial charge in [0, 0.05) is 43.3 Å². The number of anilines is 2. The molecule has 0 saturated heterocycles. The number of sulfonamides is 1. The average molecular weight is 492 g/mol. The number of hydrogen-bond acceptors (Lipinski definition) is 6. The number of nitrogens with one attached hydrogen (secondary N) is 2. The third kappa shape index (κ3) is 4.33. The molecular formula is C24H21N5O5S. The SMILES string of the molecule is O=C(CCn1c(=O)[nH]c(=O)c2ccccc21)N1CCc2cc(NS(=O)(=O)c3cccnc3)ccc21. The Balaban J connectivity index is 1.32. The van der Waals surface area contributed by atoms with Crippen LogP contribution in [-0.4, -0.2) is 35.4 Å². The summed E-state index contributed by atoms with van der Waals surface area (Å²) in [6.45, 7) is 0.567. The van der Waals surface area contributed by atoms with E-state index in [0.29, 0.717) is 35.2 Å². The maximum atomic E-state index is 13.0. The molecule has 0 aliphatic carbocycles. The van der Waals surface area contributed by atoms with Gasteiger partial charge in [0.15, 0.2) is 0 Å². The number of aryl methyl sites for hydroxylation is 1. The largest absolute Gasteiger partial charge is 0.328 e. The van der Waals surface area contributed by atoms with Crippen LogP contribution < -0.4 is 20.9 Å². The molecule has 2 aromatic heterocycles. The summed E-state index contributed by atoms with van der Waals surface area (Å²) in [6.07, 6.45) is 3.40. The van der Waals surface area contributed by atoms with Gasteiger partial charge in [0.25, 0.3) is 15.6 Å². The summed E-state index contributed by atoms with van der Waals surface area (Å²) in [5, 5.41) is 0.382. The van der Waals surface area contributed by atoms with Crippen molar-refractivity contribution in [3.63, 3.8) is 0 Å².